The number of carbonyl (C=O) groups is 1. The molecular formula is C9H6ClIN4O. The van der Waals surface area contributed by atoms with Gasteiger partial charge in [0.2, 0.25) is 0 Å². The third-order valence-corrected chi connectivity index (χ3v) is 2.52. The molecule has 1 aromatic rings. The van der Waals surface area contributed by atoms with E-state index in [-0.39, 0.29) is 0 Å². The summed E-state index contributed by atoms with van der Waals surface area (Å²) in [5.74, 6) is -1.31. The second kappa shape index (κ2) is 5.67. The van der Waals surface area contributed by atoms with Crippen molar-refractivity contribution in [2.45, 2.75) is 0 Å². The van der Waals surface area contributed by atoms with Gasteiger partial charge < -0.3 is 10.6 Å². The summed E-state index contributed by atoms with van der Waals surface area (Å²) < 4.78 is 0.970. The standard InChI is InChI=1S/C9H6ClIN4O/c1-13-9(8(12)16)15-14-7-3-2-5(11)4-6(7)10/h2-4,14H,(H2,12,16)/b15-9+. The largest absolute Gasteiger partial charge is 0.373 e. The minimum Gasteiger partial charge on any atom is -0.373 e. The first-order valence-electron chi connectivity index (χ1n) is 4.00. The molecule has 1 rings (SSSR count). The summed E-state index contributed by atoms with van der Waals surface area (Å²) in [6.45, 7) is 6.66. The van der Waals surface area contributed by atoms with Gasteiger partial charge in [0.25, 0.3) is 5.91 Å². The zero-order chi connectivity index (χ0) is 12.1. The average molecular weight is 349 g/mol. The van der Waals surface area contributed by atoms with Gasteiger partial charge in [-0.05, 0) is 45.9 Å². The smallest absolute Gasteiger partial charge is 0.357 e. The molecular weight excluding hydrogens is 342 g/mol. The molecule has 16 heavy (non-hydrogen) atoms. The number of primary amides is 1. The summed E-state index contributed by atoms with van der Waals surface area (Å²) >= 11 is 8.02. The van der Waals surface area contributed by atoms with Crippen molar-refractivity contribution in [3.05, 3.63) is 38.2 Å². The Balaban J connectivity index is 2.90. The highest BCUT2D eigenvalue weighted by Gasteiger charge is 2.07. The second-order valence-corrected chi connectivity index (χ2v) is 4.30. The number of nitrogens with one attached hydrogen (secondary N) is 1. The average Bonchev–Trinajstić information content (AvgIpc) is 2.21. The molecule has 5 nitrogen and oxygen atoms in total. The number of hydrazone groups is 1. The van der Waals surface area contributed by atoms with E-state index in [1.165, 1.54) is 0 Å². The first-order chi connectivity index (χ1) is 7.54. The number of hydrogen-bond donors (Lipinski definition) is 2. The van der Waals surface area contributed by atoms with Gasteiger partial charge in [-0.1, -0.05) is 18.2 Å². The first kappa shape index (κ1) is 12.7. The molecule has 0 bridgehead atoms. The lowest BCUT2D eigenvalue weighted by Gasteiger charge is -2.00. The van der Waals surface area contributed by atoms with Crippen LogP contribution in [0.5, 0.6) is 0 Å². The van der Waals surface area contributed by atoms with Crippen molar-refractivity contribution in [1.82, 2.24) is 0 Å². The molecule has 82 valence electrons. The van der Waals surface area contributed by atoms with Crippen molar-refractivity contribution in [3.63, 3.8) is 0 Å². The van der Waals surface area contributed by atoms with Crippen molar-refractivity contribution in [1.29, 1.82) is 0 Å². The third kappa shape index (κ3) is 3.36. The van der Waals surface area contributed by atoms with E-state index in [0.717, 1.165) is 3.57 Å². The molecule has 1 amide bonds. The number of benzene rings is 1. The van der Waals surface area contributed by atoms with E-state index >= 15 is 0 Å². The Bertz CT molecular complexity index is 495. The highest BCUT2D eigenvalue weighted by molar-refractivity contribution is 14.1. The summed E-state index contributed by atoms with van der Waals surface area (Å²) in [5, 5.41) is 4.00. The fourth-order valence-electron chi connectivity index (χ4n) is 0.829. The molecule has 0 fully saturated rings. The minimum atomic E-state index is -0.885. The Morgan fingerprint density at radius 2 is 2.31 bits per heavy atom. The van der Waals surface area contributed by atoms with Crippen LogP contribution in [0.15, 0.2) is 23.3 Å². The van der Waals surface area contributed by atoms with E-state index in [1.54, 1.807) is 12.1 Å². The molecule has 0 radical (unpaired) electrons. The molecule has 0 saturated carbocycles. The van der Waals surface area contributed by atoms with Crippen LogP contribution in [0.2, 0.25) is 5.02 Å². The van der Waals surface area contributed by atoms with Crippen molar-refractivity contribution >= 4 is 51.6 Å². The molecule has 0 unspecified atom stereocenters. The molecule has 1 aromatic carbocycles. The van der Waals surface area contributed by atoms with Gasteiger partial charge in [-0.15, -0.1) is 0 Å². The van der Waals surface area contributed by atoms with Gasteiger partial charge in [0.1, 0.15) is 0 Å². The maximum absolute atomic E-state index is 10.7. The number of rotatable bonds is 2. The zero-order valence-electron chi connectivity index (χ0n) is 7.87. The predicted molar refractivity (Wildman–Crippen MR) is 71.0 cm³/mol. The van der Waals surface area contributed by atoms with Crippen LogP contribution in [-0.4, -0.2) is 11.7 Å². The predicted octanol–water partition coefficient (Wildman–Crippen LogP) is 2.07. The van der Waals surface area contributed by atoms with Gasteiger partial charge in [-0.2, -0.15) is 0 Å². The van der Waals surface area contributed by atoms with Crippen LogP contribution in [-0.2, 0) is 4.79 Å². The minimum absolute atomic E-state index is 0.422. The van der Waals surface area contributed by atoms with Crippen LogP contribution in [0, 0.1) is 10.1 Å². The highest BCUT2D eigenvalue weighted by atomic mass is 127. The lowest BCUT2D eigenvalue weighted by atomic mass is 10.3. The van der Waals surface area contributed by atoms with Crippen molar-refractivity contribution in [3.8, 4) is 0 Å². The number of amidine groups is 1. The van der Waals surface area contributed by atoms with Gasteiger partial charge >= 0.3 is 5.84 Å². The Labute approximate surface area is 111 Å². The number of amides is 1. The lowest BCUT2D eigenvalue weighted by Crippen LogP contribution is -2.21. The third-order valence-electron chi connectivity index (χ3n) is 1.54. The monoisotopic (exact) mass is 348 g/mol. The first-order valence-corrected chi connectivity index (χ1v) is 5.46. The molecule has 3 N–H and O–H groups in total. The number of nitrogens with two attached hydrogens (primary N) is 1. The van der Waals surface area contributed by atoms with E-state index in [9.17, 15) is 4.79 Å². The normalized spacial score (nSPS) is 10.7. The van der Waals surface area contributed by atoms with Crippen LogP contribution in [0.1, 0.15) is 0 Å². The Hall–Kier alpha value is -1.33. The van der Waals surface area contributed by atoms with Crippen LogP contribution < -0.4 is 11.2 Å². The molecule has 0 atom stereocenters. The molecule has 7 heteroatoms. The summed E-state index contributed by atoms with van der Waals surface area (Å²) in [5.41, 5.74) is 7.93. The van der Waals surface area contributed by atoms with Crippen molar-refractivity contribution < 1.29 is 4.79 Å². The second-order valence-electron chi connectivity index (χ2n) is 2.65. The van der Waals surface area contributed by atoms with E-state index in [4.69, 9.17) is 23.9 Å². The Morgan fingerprint density at radius 1 is 1.62 bits per heavy atom. The van der Waals surface area contributed by atoms with Gasteiger partial charge in [-0.3, -0.25) is 4.79 Å². The fraction of sp³-hybridized carbons (Fsp3) is 0. The van der Waals surface area contributed by atoms with E-state index in [0.29, 0.717) is 10.7 Å². The zero-order valence-corrected chi connectivity index (χ0v) is 10.8. The molecule has 0 aromatic heterocycles. The maximum atomic E-state index is 10.7. The van der Waals surface area contributed by atoms with Gasteiger partial charge in [0.05, 0.1) is 10.7 Å². The van der Waals surface area contributed by atoms with E-state index < -0.39 is 11.7 Å². The summed E-state index contributed by atoms with van der Waals surface area (Å²) in [6, 6.07) is 5.23. The molecule has 0 spiro atoms. The van der Waals surface area contributed by atoms with Crippen molar-refractivity contribution in [2.24, 2.45) is 10.8 Å². The quantitative estimate of drug-likeness (QED) is 0.282. The lowest BCUT2D eigenvalue weighted by molar-refractivity contribution is -0.111. The van der Waals surface area contributed by atoms with Gasteiger partial charge in [0.15, 0.2) is 0 Å². The number of anilines is 1. The summed E-state index contributed by atoms with van der Waals surface area (Å²) in [7, 11) is 0. The van der Waals surface area contributed by atoms with Crippen LogP contribution >= 0.6 is 34.2 Å². The van der Waals surface area contributed by atoms with Crippen molar-refractivity contribution in [2.75, 3.05) is 5.43 Å². The molecule has 0 aliphatic rings. The van der Waals surface area contributed by atoms with Crippen LogP contribution in [0.25, 0.3) is 4.85 Å². The number of halogens is 2. The highest BCUT2D eigenvalue weighted by Crippen LogP contribution is 2.23. The van der Waals surface area contributed by atoms with Gasteiger partial charge in [-0.25, -0.2) is 5.43 Å². The number of carbonyl (C=O) groups excluding carboxylic acids is 1. The molecule has 0 saturated heterocycles. The van der Waals surface area contributed by atoms with Gasteiger partial charge in [0, 0.05) is 3.57 Å². The summed E-state index contributed by atoms with van der Waals surface area (Å²) in [4.78, 5) is 13.6. The molecule has 0 aliphatic carbocycles. The van der Waals surface area contributed by atoms with E-state index in [1.807, 2.05) is 6.07 Å². The fourth-order valence-corrected chi connectivity index (χ4v) is 1.73. The number of hydrogen-bond acceptors (Lipinski definition) is 3. The number of nitrogens with zero attached hydrogens (tertiary/aromatic N) is 2. The van der Waals surface area contributed by atoms with Crippen LogP contribution in [0.3, 0.4) is 0 Å². The topological polar surface area (TPSA) is 71.8 Å². The Kier molecular flexibility index (Phi) is 4.52. The SMILES string of the molecule is [C-]#[N+]/C(=N/Nc1ccc(I)cc1Cl)C(N)=O. The van der Waals surface area contributed by atoms with E-state index in [2.05, 4.69) is 38.0 Å². The Morgan fingerprint density at radius 3 is 2.81 bits per heavy atom. The molecule has 0 aliphatic heterocycles. The molecule has 0 heterocycles. The summed E-state index contributed by atoms with van der Waals surface area (Å²) in [6.07, 6.45) is 0. The maximum Gasteiger partial charge on any atom is 0.357 e. The van der Waals surface area contributed by atoms with Crippen LogP contribution in [0.4, 0.5) is 5.69 Å².